The normalized spacial score (nSPS) is 27.5. The van der Waals surface area contributed by atoms with E-state index in [0.29, 0.717) is 6.61 Å². The highest BCUT2D eigenvalue weighted by molar-refractivity contribution is 5.35. The number of aliphatic hydroxyl groups excluding tert-OH is 1. The van der Waals surface area contributed by atoms with E-state index in [4.69, 9.17) is 4.74 Å². The third-order valence-electron chi connectivity index (χ3n) is 2.49. The first-order valence-electron chi connectivity index (χ1n) is 5.78. The summed E-state index contributed by atoms with van der Waals surface area (Å²) in [6.45, 7) is 6.34. The average molecular weight is 223 g/mol. The van der Waals surface area contributed by atoms with Crippen molar-refractivity contribution in [3.8, 4) is 0 Å². The van der Waals surface area contributed by atoms with Crippen LogP contribution in [0.4, 0.5) is 0 Å². The molecular weight excluding hydrogens is 202 g/mol. The highest BCUT2D eigenvalue weighted by Crippen LogP contribution is 2.20. The number of allylic oxidation sites excluding steroid dienone is 3. The Bertz CT molecular complexity index is 305. The van der Waals surface area contributed by atoms with Gasteiger partial charge in [-0.25, -0.2) is 0 Å². The van der Waals surface area contributed by atoms with Crippen LogP contribution in [0, 0.1) is 0 Å². The molecule has 0 aliphatic carbocycles. The topological polar surface area (TPSA) is 41.5 Å². The van der Waals surface area contributed by atoms with Crippen LogP contribution in [0.15, 0.2) is 35.6 Å². The van der Waals surface area contributed by atoms with Crippen LogP contribution in [0.3, 0.4) is 0 Å². The first kappa shape index (κ1) is 13.0. The molecule has 0 aromatic rings. The first-order chi connectivity index (χ1) is 7.72. The molecule has 0 fully saturated rings. The van der Waals surface area contributed by atoms with Gasteiger partial charge in [-0.2, -0.15) is 0 Å². The molecule has 0 bridgehead atoms. The monoisotopic (exact) mass is 223 g/mol. The van der Waals surface area contributed by atoms with Gasteiger partial charge in [0, 0.05) is 11.3 Å². The summed E-state index contributed by atoms with van der Waals surface area (Å²) in [4.78, 5) is 0. The molecule has 0 saturated carbocycles. The molecule has 0 radical (unpaired) electrons. The minimum atomic E-state index is -0.636. The summed E-state index contributed by atoms with van der Waals surface area (Å²) in [5, 5.41) is 12.7. The Morgan fingerprint density at radius 3 is 2.62 bits per heavy atom. The van der Waals surface area contributed by atoms with Gasteiger partial charge in [-0.3, -0.25) is 0 Å². The van der Waals surface area contributed by atoms with Gasteiger partial charge in [-0.05, 0) is 26.3 Å². The van der Waals surface area contributed by atoms with Crippen molar-refractivity contribution in [3.63, 3.8) is 0 Å². The highest BCUT2D eigenvalue weighted by Gasteiger charge is 2.21. The second kappa shape index (κ2) is 6.51. The Balaban J connectivity index is 3.09. The van der Waals surface area contributed by atoms with Gasteiger partial charge in [0.25, 0.3) is 0 Å². The number of aliphatic hydroxyl groups is 1. The van der Waals surface area contributed by atoms with Crippen molar-refractivity contribution in [3.05, 3.63) is 35.6 Å². The second-order valence-electron chi connectivity index (χ2n) is 3.76. The van der Waals surface area contributed by atoms with Crippen LogP contribution in [0.2, 0.25) is 0 Å². The lowest BCUT2D eigenvalue weighted by Gasteiger charge is -2.15. The third kappa shape index (κ3) is 3.22. The Labute approximate surface area is 97.5 Å². The molecule has 0 aromatic carbocycles. The molecule has 16 heavy (non-hydrogen) atoms. The second-order valence-corrected chi connectivity index (χ2v) is 3.76. The molecule has 1 rings (SSSR count). The molecule has 1 aliphatic heterocycles. The van der Waals surface area contributed by atoms with E-state index in [-0.39, 0.29) is 6.10 Å². The van der Waals surface area contributed by atoms with E-state index in [9.17, 15) is 5.11 Å². The van der Waals surface area contributed by atoms with E-state index < -0.39 is 6.23 Å². The Morgan fingerprint density at radius 2 is 2.06 bits per heavy atom. The molecule has 3 heteroatoms. The van der Waals surface area contributed by atoms with Gasteiger partial charge in [-0.1, -0.05) is 25.2 Å². The average Bonchev–Trinajstić information content (AvgIpc) is 2.41. The number of hydrogen-bond acceptors (Lipinski definition) is 3. The minimum absolute atomic E-state index is 0.0482. The standard InChI is InChI=1S/C13H21NO2/c1-4-7-10-11(8-5-2)14-13(15)9-16-12(10)6-3/h4-5,7-8,12-15H,6,9H2,1-3H3/b7-4-,8-5-. The van der Waals surface area contributed by atoms with E-state index in [0.717, 1.165) is 17.7 Å². The first-order valence-corrected chi connectivity index (χ1v) is 5.78. The zero-order valence-electron chi connectivity index (χ0n) is 10.2. The molecule has 0 amide bonds. The van der Waals surface area contributed by atoms with E-state index in [1.54, 1.807) is 0 Å². The maximum Gasteiger partial charge on any atom is 0.148 e. The molecule has 2 atom stereocenters. The van der Waals surface area contributed by atoms with Gasteiger partial charge in [0.15, 0.2) is 0 Å². The van der Waals surface area contributed by atoms with Crippen LogP contribution in [-0.2, 0) is 4.74 Å². The van der Waals surface area contributed by atoms with Crippen LogP contribution >= 0.6 is 0 Å². The number of rotatable bonds is 3. The van der Waals surface area contributed by atoms with Gasteiger partial charge in [-0.15, -0.1) is 0 Å². The Morgan fingerprint density at radius 1 is 1.38 bits per heavy atom. The lowest BCUT2D eigenvalue weighted by Crippen LogP contribution is -2.30. The molecule has 0 spiro atoms. The number of ether oxygens (including phenoxy) is 1. The molecular formula is C13H21NO2. The summed E-state index contributed by atoms with van der Waals surface area (Å²) in [7, 11) is 0. The van der Waals surface area contributed by atoms with E-state index in [1.807, 2.05) is 38.2 Å². The molecule has 2 unspecified atom stereocenters. The summed E-state index contributed by atoms with van der Waals surface area (Å²) in [5.41, 5.74) is 2.04. The SMILES string of the molecule is C/C=C\C1=C(/C=C\C)C(CC)OCC(O)N1. The molecule has 2 N–H and O–H groups in total. The predicted octanol–water partition coefficient (Wildman–Crippen LogP) is 2.11. The highest BCUT2D eigenvalue weighted by atomic mass is 16.5. The number of nitrogens with one attached hydrogen (secondary N) is 1. The fourth-order valence-corrected chi connectivity index (χ4v) is 1.80. The van der Waals surface area contributed by atoms with Crippen molar-refractivity contribution in [1.82, 2.24) is 5.32 Å². The third-order valence-corrected chi connectivity index (χ3v) is 2.49. The van der Waals surface area contributed by atoms with Crippen molar-refractivity contribution < 1.29 is 9.84 Å². The molecule has 3 nitrogen and oxygen atoms in total. The quantitative estimate of drug-likeness (QED) is 0.770. The number of hydrogen-bond donors (Lipinski definition) is 2. The van der Waals surface area contributed by atoms with Crippen molar-refractivity contribution in [2.75, 3.05) is 6.61 Å². The van der Waals surface area contributed by atoms with Crippen LogP contribution < -0.4 is 5.32 Å². The van der Waals surface area contributed by atoms with Crippen LogP contribution in [0.1, 0.15) is 27.2 Å². The van der Waals surface area contributed by atoms with Gasteiger partial charge < -0.3 is 15.2 Å². The molecule has 0 saturated heterocycles. The van der Waals surface area contributed by atoms with Crippen molar-refractivity contribution in [2.24, 2.45) is 0 Å². The fourth-order valence-electron chi connectivity index (χ4n) is 1.80. The summed E-state index contributed by atoms with van der Waals surface area (Å²) in [6.07, 6.45) is 8.26. The summed E-state index contributed by atoms with van der Waals surface area (Å²) in [6, 6.07) is 0. The summed E-state index contributed by atoms with van der Waals surface area (Å²) < 4.78 is 5.65. The van der Waals surface area contributed by atoms with Gasteiger partial charge in [0.2, 0.25) is 0 Å². The summed E-state index contributed by atoms with van der Waals surface area (Å²) in [5.74, 6) is 0. The maximum atomic E-state index is 9.66. The van der Waals surface area contributed by atoms with E-state index >= 15 is 0 Å². The zero-order valence-corrected chi connectivity index (χ0v) is 10.2. The minimum Gasteiger partial charge on any atom is -0.371 e. The maximum absolute atomic E-state index is 9.66. The molecule has 1 heterocycles. The van der Waals surface area contributed by atoms with Gasteiger partial charge in [0.05, 0.1) is 12.7 Å². The van der Waals surface area contributed by atoms with Crippen molar-refractivity contribution in [2.45, 2.75) is 39.5 Å². The lowest BCUT2D eigenvalue weighted by atomic mass is 10.0. The predicted molar refractivity (Wildman–Crippen MR) is 65.8 cm³/mol. The smallest absolute Gasteiger partial charge is 0.148 e. The summed E-state index contributed by atoms with van der Waals surface area (Å²) >= 11 is 0. The van der Waals surface area contributed by atoms with Crippen molar-refractivity contribution in [1.29, 1.82) is 0 Å². The van der Waals surface area contributed by atoms with Crippen LogP contribution in [-0.4, -0.2) is 24.0 Å². The van der Waals surface area contributed by atoms with Crippen LogP contribution in [0.5, 0.6) is 0 Å². The van der Waals surface area contributed by atoms with Crippen LogP contribution in [0.25, 0.3) is 0 Å². The largest absolute Gasteiger partial charge is 0.371 e. The van der Waals surface area contributed by atoms with E-state index in [2.05, 4.69) is 12.2 Å². The molecule has 1 aliphatic rings. The Kier molecular flexibility index (Phi) is 5.29. The molecule has 90 valence electrons. The van der Waals surface area contributed by atoms with E-state index in [1.165, 1.54) is 0 Å². The lowest BCUT2D eigenvalue weighted by molar-refractivity contribution is 0.00467. The van der Waals surface area contributed by atoms with Gasteiger partial charge in [0.1, 0.15) is 6.23 Å². The fraction of sp³-hybridized carbons (Fsp3) is 0.538. The molecule has 0 aromatic heterocycles. The van der Waals surface area contributed by atoms with Crippen molar-refractivity contribution >= 4 is 0 Å². The van der Waals surface area contributed by atoms with Gasteiger partial charge >= 0.3 is 0 Å². The zero-order chi connectivity index (χ0) is 12.0. The Hall–Kier alpha value is -1.06.